The van der Waals surface area contributed by atoms with Crippen molar-refractivity contribution in [2.75, 3.05) is 11.1 Å². The maximum Gasteiger partial charge on any atom is 0.389 e. The van der Waals surface area contributed by atoms with Crippen LogP contribution in [0.1, 0.15) is 48.6 Å². The number of aromatic nitrogens is 5. The summed E-state index contributed by atoms with van der Waals surface area (Å²) in [6, 6.07) is 10.6. The number of aliphatic carboxylic acids is 1. The van der Waals surface area contributed by atoms with Gasteiger partial charge in [0.15, 0.2) is 11.5 Å². The number of nitrogen functional groups attached to an aromatic ring is 1. The molecule has 0 unspecified atom stereocenters. The molecule has 4 aromatic rings. The number of hydrogen-bond donors (Lipinski definition) is 3. The minimum absolute atomic E-state index is 0.00857. The van der Waals surface area contributed by atoms with E-state index in [-0.39, 0.29) is 48.4 Å². The second-order valence-corrected chi connectivity index (χ2v) is 9.94. The van der Waals surface area contributed by atoms with Crippen LogP contribution < -0.4 is 11.1 Å². The largest absolute Gasteiger partial charge is 0.481 e. The molecule has 1 amide bonds. The van der Waals surface area contributed by atoms with Crippen LogP contribution in [0.4, 0.5) is 24.8 Å². The highest BCUT2D eigenvalue weighted by Crippen LogP contribution is 2.45. The third kappa shape index (κ3) is 4.94. The van der Waals surface area contributed by atoms with E-state index in [1.54, 1.807) is 50.2 Å². The number of aryl methyl sites for hydroxylation is 3. The Kier molecular flexibility index (Phi) is 6.68. The van der Waals surface area contributed by atoms with Gasteiger partial charge < -0.3 is 16.2 Å². The van der Waals surface area contributed by atoms with Crippen LogP contribution in [-0.2, 0) is 28.0 Å². The van der Waals surface area contributed by atoms with E-state index in [0.29, 0.717) is 34.3 Å². The van der Waals surface area contributed by atoms with Gasteiger partial charge >= 0.3 is 12.1 Å². The Bertz CT molecular complexity index is 1630. The summed E-state index contributed by atoms with van der Waals surface area (Å²) in [5.74, 6) is -0.889. The molecule has 0 aliphatic carbocycles. The van der Waals surface area contributed by atoms with Crippen molar-refractivity contribution in [3.05, 3.63) is 58.8 Å². The maximum atomic E-state index is 13.3. The fourth-order valence-electron chi connectivity index (χ4n) is 4.94. The fourth-order valence-corrected chi connectivity index (χ4v) is 4.94. The number of nitrogens with one attached hydrogen (secondary N) is 1. The Balaban J connectivity index is 1.52. The molecular weight excluding hydrogens is 527 g/mol. The number of halogens is 3. The van der Waals surface area contributed by atoms with Gasteiger partial charge in [-0.1, -0.05) is 24.3 Å². The zero-order valence-corrected chi connectivity index (χ0v) is 21.7. The van der Waals surface area contributed by atoms with Crippen molar-refractivity contribution in [1.29, 1.82) is 0 Å². The van der Waals surface area contributed by atoms with Crippen molar-refractivity contribution in [2.45, 2.75) is 57.7 Å². The van der Waals surface area contributed by atoms with E-state index in [4.69, 9.17) is 10.8 Å². The molecule has 0 bridgehead atoms. The van der Waals surface area contributed by atoms with E-state index in [1.807, 2.05) is 0 Å². The van der Waals surface area contributed by atoms with E-state index in [0.717, 1.165) is 5.56 Å². The number of alkyl halides is 3. The third-order valence-electron chi connectivity index (χ3n) is 7.06. The zero-order valence-electron chi connectivity index (χ0n) is 21.7. The van der Waals surface area contributed by atoms with Crippen molar-refractivity contribution in [3.8, 4) is 11.5 Å². The Morgan fingerprint density at radius 1 is 1.12 bits per heavy atom. The number of benzene rings is 1. The number of nitrogens with zero attached hydrogens (tertiary/aromatic N) is 5. The summed E-state index contributed by atoms with van der Waals surface area (Å²) in [4.78, 5) is 37.7. The standard InChI is InChI=1S/C27H26F3N7O3/c1-14-4-10-17-20(36-37(24(17)32-14)13-3-12-27(28,29)30)23-33-21(31)19-22(34-23)35-25(40)26(19,2)16-8-5-15(6-9-16)7-11-18(38)39/h4-6,8-10H,3,7,11-13H2,1-2H3,(H,38,39)(H3,31,33,34,35,40)/t26-/m0/s1. The van der Waals surface area contributed by atoms with Gasteiger partial charge in [-0.15, -0.1) is 0 Å². The number of carbonyl (C=O) groups is 2. The lowest BCUT2D eigenvalue weighted by molar-refractivity contribution is -0.137. The molecule has 3 aromatic heterocycles. The Labute approximate surface area is 226 Å². The molecular formula is C27H26F3N7O3. The van der Waals surface area contributed by atoms with Gasteiger partial charge in [0.2, 0.25) is 5.91 Å². The summed E-state index contributed by atoms with van der Waals surface area (Å²) in [6.07, 6.45) is -5.06. The van der Waals surface area contributed by atoms with Crippen LogP contribution in [0.2, 0.25) is 0 Å². The molecule has 0 saturated heterocycles. The summed E-state index contributed by atoms with van der Waals surface area (Å²) in [5, 5.41) is 16.7. The Morgan fingerprint density at radius 2 is 1.85 bits per heavy atom. The van der Waals surface area contributed by atoms with Gasteiger partial charge in [0.05, 0.1) is 10.9 Å². The predicted octanol–water partition coefficient (Wildman–Crippen LogP) is 4.40. The summed E-state index contributed by atoms with van der Waals surface area (Å²) >= 11 is 0. The molecule has 1 atom stereocenters. The molecule has 0 radical (unpaired) electrons. The van der Waals surface area contributed by atoms with Gasteiger partial charge in [-0.25, -0.2) is 19.6 Å². The molecule has 10 nitrogen and oxygen atoms in total. The molecule has 0 saturated carbocycles. The number of rotatable bonds is 8. The smallest absolute Gasteiger partial charge is 0.389 e. The van der Waals surface area contributed by atoms with E-state index in [9.17, 15) is 22.8 Å². The highest BCUT2D eigenvalue weighted by molar-refractivity contribution is 6.09. The van der Waals surface area contributed by atoms with Crippen LogP contribution in [0.3, 0.4) is 0 Å². The van der Waals surface area contributed by atoms with E-state index >= 15 is 0 Å². The van der Waals surface area contributed by atoms with Crippen LogP contribution in [0.15, 0.2) is 36.4 Å². The first kappa shape index (κ1) is 27.0. The second kappa shape index (κ2) is 9.88. The first-order valence-electron chi connectivity index (χ1n) is 12.6. The number of fused-ring (bicyclic) bond motifs is 2. The molecule has 5 rings (SSSR count). The lowest BCUT2D eigenvalue weighted by Gasteiger charge is -2.23. The molecule has 13 heteroatoms. The molecule has 4 heterocycles. The second-order valence-electron chi connectivity index (χ2n) is 9.94. The lowest BCUT2D eigenvalue weighted by atomic mass is 9.77. The third-order valence-corrected chi connectivity index (χ3v) is 7.06. The van der Waals surface area contributed by atoms with Crippen LogP contribution in [-0.4, -0.2) is 47.9 Å². The molecule has 1 aliphatic heterocycles. The van der Waals surface area contributed by atoms with Crippen LogP contribution in [0.25, 0.3) is 22.6 Å². The summed E-state index contributed by atoms with van der Waals surface area (Å²) in [6.45, 7) is 3.46. The SMILES string of the molecule is Cc1ccc2c(-c3nc(N)c4c(n3)NC(=O)[C@@]4(C)c3ccc(CCC(=O)O)cc3)nn(CCCC(F)(F)F)c2n1. The Morgan fingerprint density at radius 3 is 2.52 bits per heavy atom. The average Bonchev–Trinajstić information content (AvgIpc) is 3.36. The first-order chi connectivity index (χ1) is 18.9. The molecule has 208 valence electrons. The van der Waals surface area contributed by atoms with Crippen LogP contribution in [0, 0.1) is 6.92 Å². The van der Waals surface area contributed by atoms with Crippen LogP contribution in [0.5, 0.6) is 0 Å². The van der Waals surface area contributed by atoms with Gasteiger partial charge in [0.1, 0.15) is 22.7 Å². The minimum atomic E-state index is -4.28. The summed E-state index contributed by atoms with van der Waals surface area (Å²) in [7, 11) is 0. The molecule has 0 spiro atoms. The average molecular weight is 554 g/mol. The predicted molar refractivity (Wildman–Crippen MR) is 140 cm³/mol. The van der Waals surface area contributed by atoms with Crippen molar-refractivity contribution in [3.63, 3.8) is 0 Å². The minimum Gasteiger partial charge on any atom is -0.481 e. The van der Waals surface area contributed by atoms with Crippen molar-refractivity contribution in [2.24, 2.45) is 0 Å². The number of pyridine rings is 1. The number of hydrogen-bond acceptors (Lipinski definition) is 7. The number of carboxylic acids is 1. The number of anilines is 2. The van der Waals surface area contributed by atoms with E-state index in [2.05, 4.69) is 25.4 Å². The van der Waals surface area contributed by atoms with Gasteiger partial charge in [-0.3, -0.25) is 9.59 Å². The maximum absolute atomic E-state index is 13.3. The normalized spacial score (nSPS) is 16.8. The van der Waals surface area contributed by atoms with Crippen molar-refractivity contribution >= 4 is 34.5 Å². The van der Waals surface area contributed by atoms with Crippen molar-refractivity contribution in [1.82, 2.24) is 24.7 Å². The first-order valence-corrected chi connectivity index (χ1v) is 12.6. The number of amides is 1. The number of carbonyl (C=O) groups excluding carboxylic acids is 1. The van der Waals surface area contributed by atoms with Gasteiger partial charge in [0.25, 0.3) is 0 Å². The van der Waals surface area contributed by atoms with E-state index < -0.39 is 24.0 Å². The monoisotopic (exact) mass is 553 g/mol. The number of nitrogens with two attached hydrogens (primary N) is 1. The Hall–Kier alpha value is -4.55. The van der Waals surface area contributed by atoms with Gasteiger partial charge in [-0.2, -0.15) is 18.3 Å². The van der Waals surface area contributed by atoms with Gasteiger partial charge in [0, 0.05) is 25.1 Å². The quantitative estimate of drug-likeness (QED) is 0.291. The molecule has 40 heavy (non-hydrogen) atoms. The molecule has 4 N–H and O–H groups in total. The van der Waals surface area contributed by atoms with Gasteiger partial charge in [-0.05, 0) is 49.9 Å². The highest BCUT2D eigenvalue weighted by atomic mass is 19.4. The topological polar surface area (TPSA) is 149 Å². The molecule has 1 aromatic carbocycles. The summed E-state index contributed by atoms with van der Waals surface area (Å²) in [5.41, 5.74) is 8.40. The molecule has 1 aliphatic rings. The fraction of sp³-hybridized carbons (Fsp3) is 0.333. The highest BCUT2D eigenvalue weighted by Gasteiger charge is 2.47. The summed E-state index contributed by atoms with van der Waals surface area (Å²) < 4.78 is 39.6. The number of carboxylic acid groups (broad SMARTS) is 1. The zero-order chi connectivity index (χ0) is 28.8. The lowest BCUT2D eigenvalue weighted by Crippen LogP contribution is -2.33. The van der Waals surface area contributed by atoms with Crippen LogP contribution >= 0.6 is 0 Å². The molecule has 0 fully saturated rings. The van der Waals surface area contributed by atoms with Crippen molar-refractivity contribution < 1.29 is 27.9 Å². The van der Waals surface area contributed by atoms with E-state index in [1.165, 1.54) is 4.68 Å².